The molecule has 0 aromatic heterocycles. The summed E-state index contributed by atoms with van der Waals surface area (Å²) in [5.41, 5.74) is 3.29. The molecule has 0 atom stereocenters. The van der Waals surface area contributed by atoms with Crippen LogP contribution in [0.2, 0.25) is 0 Å². The highest BCUT2D eigenvalue weighted by molar-refractivity contribution is 5.95. The Morgan fingerprint density at radius 3 is 2.35 bits per heavy atom. The van der Waals surface area contributed by atoms with E-state index in [4.69, 9.17) is 0 Å². The molecular formula is C22H21FN2O. The molecule has 0 heterocycles. The van der Waals surface area contributed by atoms with Crippen LogP contribution in [0, 0.1) is 5.82 Å². The van der Waals surface area contributed by atoms with Crippen molar-refractivity contribution in [2.24, 2.45) is 0 Å². The molecule has 0 saturated heterocycles. The molecule has 3 nitrogen and oxygen atoms in total. The summed E-state index contributed by atoms with van der Waals surface area (Å²) in [5, 5.41) is 2.97. The molecule has 1 amide bonds. The molecule has 1 N–H and O–H groups in total. The van der Waals surface area contributed by atoms with Crippen LogP contribution in [0.4, 0.5) is 15.8 Å². The highest BCUT2D eigenvalue weighted by atomic mass is 19.1. The number of benzene rings is 3. The average Bonchev–Trinajstić information content (AvgIpc) is 2.67. The predicted octanol–water partition coefficient (Wildman–Crippen LogP) is 4.96. The first kappa shape index (κ1) is 17.7. The van der Waals surface area contributed by atoms with E-state index in [1.165, 1.54) is 6.07 Å². The second-order valence-electron chi connectivity index (χ2n) is 6.08. The lowest BCUT2D eigenvalue weighted by Gasteiger charge is -2.19. The summed E-state index contributed by atoms with van der Waals surface area (Å²) in [6.07, 6.45) is 0.272. The van der Waals surface area contributed by atoms with Crippen LogP contribution in [-0.2, 0) is 4.79 Å². The molecule has 4 heteroatoms. The Kier molecular flexibility index (Phi) is 5.64. The molecule has 0 aliphatic heterocycles. The number of carbonyl (C=O) groups is 1. The standard InChI is InChI=1S/C22H21FN2O/c1-25(21-14-8-6-12-19(21)23)16-15-22(26)24-20-13-7-5-11-18(20)17-9-3-2-4-10-17/h2-14H,15-16H2,1H3,(H,24,26). The van der Waals surface area contributed by atoms with Gasteiger partial charge in [-0.1, -0.05) is 60.7 Å². The van der Waals surface area contributed by atoms with Gasteiger partial charge in [0.15, 0.2) is 0 Å². The number of hydrogen-bond acceptors (Lipinski definition) is 2. The summed E-state index contributed by atoms with van der Waals surface area (Å²) in [6.45, 7) is 0.431. The van der Waals surface area contributed by atoms with Crippen molar-refractivity contribution in [1.29, 1.82) is 0 Å². The number of nitrogens with zero attached hydrogens (tertiary/aromatic N) is 1. The van der Waals surface area contributed by atoms with Gasteiger partial charge < -0.3 is 10.2 Å². The van der Waals surface area contributed by atoms with Crippen molar-refractivity contribution >= 4 is 17.3 Å². The Morgan fingerprint density at radius 1 is 0.923 bits per heavy atom. The molecule has 3 aromatic carbocycles. The van der Waals surface area contributed by atoms with Crippen molar-refractivity contribution in [3.05, 3.63) is 84.7 Å². The van der Waals surface area contributed by atoms with E-state index in [1.54, 1.807) is 30.1 Å². The third kappa shape index (κ3) is 4.28. The lowest BCUT2D eigenvalue weighted by Crippen LogP contribution is -2.24. The Morgan fingerprint density at radius 2 is 1.58 bits per heavy atom. The number of anilines is 2. The van der Waals surface area contributed by atoms with E-state index in [-0.39, 0.29) is 18.1 Å². The van der Waals surface area contributed by atoms with E-state index in [2.05, 4.69) is 5.32 Å². The topological polar surface area (TPSA) is 32.3 Å². The molecule has 0 saturated carbocycles. The number of para-hydroxylation sites is 2. The van der Waals surface area contributed by atoms with Crippen molar-refractivity contribution in [3.8, 4) is 11.1 Å². The van der Waals surface area contributed by atoms with Gasteiger partial charge in [0.25, 0.3) is 0 Å². The number of rotatable bonds is 6. The normalized spacial score (nSPS) is 10.4. The van der Waals surface area contributed by atoms with E-state index < -0.39 is 0 Å². The van der Waals surface area contributed by atoms with Crippen molar-refractivity contribution in [3.63, 3.8) is 0 Å². The van der Waals surface area contributed by atoms with E-state index in [0.29, 0.717) is 12.2 Å². The minimum absolute atomic E-state index is 0.100. The quantitative estimate of drug-likeness (QED) is 0.683. The average molecular weight is 348 g/mol. The second kappa shape index (κ2) is 8.30. The van der Waals surface area contributed by atoms with Crippen LogP contribution in [0.15, 0.2) is 78.9 Å². The van der Waals surface area contributed by atoms with Crippen molar-refractivity contribution in [2.75, 3.05) is 23.8 Å². The number of halogens is 1. The van der Waals surface area contributed by atoms with Crippen molar-refractivity contribution in [1.82, 2.24) is 0 Å². The zero-order valence-corrected chi connectivity index (χ0v) is 14.7. The van der Waals surface area contributed by atoms with Gasteiger partial charge in [-0.15, -0.1) is 0 Å². The molecule has 0 spiro atoms. The van der Waals surface area contributed by atoms with Crippen LogP contribution in [0.3, 0.4) is 0 Å². The van der Waals surface area contributed by atoms with Gasteiger partial charge in [0.1, 0.15) is 5.82 Å². The summed E-state index contributed by atoms with van der Waals surface area (Å²) in [5.74, 6) is -0.388. The SMILES string of the molecule is CN(CCC(=O)Nc1ccccc1-c1ccccc1)c1ccccc1F. The van der Waals surface area contributed by atoms with Gasteiger partial charge in [-0.2, -0.15) is 0 Å². The van der Waals surface area contributed by atoms with Crippen molar-refractivity contribution in [2.45, 2.75) is 6.42 Å². The number of amides is 1. The second-order valence-corrected chi connectivity index (χ2v) is 6.08. The molecule has 0 aliphatic carbocycles. The number of carbonyl (C=O) groups excluding carboxylic acids is 1. The summed E-state index contributed by atoms with van der Waals surface area (Å²) in [6, 6.07) is 24.2. The Labute approximate surface area is 153 Å². The molecule has 0 fully saturated rings. The van der Waals surface area contributed by atoms with Gasteiger partial charge in [-0.25, -0.2) is 4.39 Å². The maximum Gasteiger partial charge on any atom is 0.226 e. The van der Waals surface area contributed by atoms with E-state index >= 15 is 0 Å². The molecule has 0 unspecified atom stereocenters. The number of nitrogens with one attached hydrogen (secondary N) is 1. The van der Waals surface area contributed by atoms with Gasteiger partial charge in [0.2, 0.25) is 5.91 Å². The summed E-state index contributed by atoms with van der Waals surface area (Å²) in [4.78, 5) is 14.1. The summed E-state index contributed by atoms with van der Waals surface area (Å²) < 4.78 is 13.8. The Balaban J connectivity index is 1.65. The molecule has 26 heavy (non-hydrogen) atoms. The van der Waals surface area contributed by atoms with Crippen LogP contribution >= 0.6 is 0 Å². The van der Waals surface area contributed by atoms with Crippen LogP contribution in [-0.4, -0.2) is 19.5 Å². The minimum atomic E-state index is -0.287. The monoisotopic (exact) mass is 348 g/mol. The maximum atomic E-state index is 13.8. The predicted molar refractivity (Wildman–Crippen MR) is 105 cm³/mol. The third-order valence-corrected chi connectivity index (χ3v) is 4.22. The Hall–Kier alpha value is -3.14. The molecule has 0 aliphatic rings. The molecule has 3 rings (SSSR count). The zero-order chi connectivity index (χ0) is 18.4. The van der Waals surface area contributed by atoms with Crippen LogP contribution in [0.5, 0.6) is 0 Å². The van der Waals surface area contributed by atoms with Gasteiger partial charge in [0.05, 0.1) is 5.69 Å². The van der Waals surface area contributed by atoms with Crippen LogP contribution in [0.25, 0.3) is 11.1 Å². The van der Waals surface area contributed by atoms with Crippen LogP contribution in [0.1, 0.15) is 6.42 Å². The molecule has 3 aromatic rings. The fourth-order valence-electron chi connectivity index (χ4n) is 2.83. The summed E-state index contributed by atoms with van der Waals surface area (Å²) >= 11 is 0. The first-order valence-electron chi connectivity index (χ1n) is 8.55. The number of hydrogen-bond donors (Lipinski definition) is 1. The largest absolute Gasteiger partial charge is 0.372 e. The third-order valence-electron chi connectivity index (χ3n) is 4.22. The zero-order valence-electron chi connectivity index (χ0n) is 14.7. The van der Waals surface area contributed by atoms with E-state index in [1.807, 2.05) is 54.6 Å². The fraction of sp³-hybridized carbons (Fsp3) is 0.136. The van der Waals surface area contributed by atoms with Gasteiger partial charge in [-0.3, -0.25) is 4.79 Å². The van der Waals surface area contributed by atoms with Crippen molar-refractivity contribution < 1.29 is 9.18 Å². The summed E-state index contributed by atoms with van der Waals surface area (Å²) in [7, 11) is 1.78. The smallest absolute Gasteiger partial charge is 0.226 e. The van der Waals surface area contributed by atoms with Crippen LogP contribution < -0.4 is 10.2 Å². The molecule has 132 valence electrons. The first-order chi connectivity index (χ1) is 12.6. The fourth-order valence-corrected chi connectivity index (χ4v) is 2.83. The van der Waals surface area contributed by atoms with Gasteiger partial charge in [-0.05, 0) is 23.8 Å². The maximum absolute atomic E-state index is 13.8. The lowest BCUT2D eigenvalue weighted by molar-refractivity contribution is -0.116. The van der Waals surface area contributed by atoms with E-state index in [0.717, 1.165) is 16.8 Å². The van der Waals surface area contributed by atoms with Gasteiger partial charge >= 0.3 is 0 Å². The first-order valence-corrected chi connectivity index (χ1v) is 8.55. The van der Waals surface area contributed by atoms with Gasteiger partial charge in [0, 0.05) is 31.3 Å². The highest BCUT2D eigenvalue weighted by Crippen LogP contribution is 2.27. The minimum Gasteiger partial charge on any atom is -0.372 e. The highest BCUT2D eigenvalue weighted by Gasteiger charge is 2.11. The molecule has 0 radical (unpaired) electrons. The molecule has 0 bridgehead atoms. The lowest BCUT2D eigenvalue weighted by atomic mass is 10.0. The molecular weight excluding hydrogens is 327 g/mol. The van der Waals surface area contributed by atoms with E-state index in [9.17, 15) is 9.18 Å². The Bertz CT molecular complexity index is 880.